The Labute approximate surface area is 294 Å². The number of benzene rings is 2. The highest BCUT2D eigenvalue weighted by Gasteiger charge is 2.30. The van der Waals surface area contributed by atoms with Crippen LogP contribution >= 0.6 is 11.3 Å². The van der Waals surface area contributed by atoms with Gasteiger partial charge in [0.2, 0.25) is 0 Å². The molecule has 8 nitrogen and oxygen atoms in total. The fourth-order valence-corrected chi connectivity index (χ4v) is 8.01. The van der Waals surface area contributed by atoms with Crippen molar-refractivity contribution in [2.45, 2.75) is 51.0 Å². The molecule has 2 aliphatic heterocycles. The molecule has 1 N–H and O–H groups in total. The molecule has 2 aromatic carbocycles. The van der Waals surface area contributed by atoms with Gasteiger partial charge in [-0.3, -0.25) is 4.79 Å². The van der Waals surface area contributed by atoms with Crippen molar-refractivity contribution in [3.63, 3.8) is 0 Å². The molecular formula is C39H38F2N6O2S. The van der Waals surface area contributed by atoms with Crippen molar-refractivity contribution < 1.29 is 18.3 Å². The SMILES string of the molecule is COc1ccc(F)cc1-c1c(F)cnc2[nH]c(C3CCN(CCCc4ccc5c(c4)C(C)N(C(=O)/C(C#N)=C/c4nccs4)CC5)CC3)cc12. The Morgan fingerprint density at radius 2 is 1.98 bits per heavy atom. The third-order valence-corrected chi connectivity index (χ3v) is 10.8. The number of amides is 1. The molecule has 256 valence electrons. The Kier molecular flexibility index (Phi) is 9.74. The number of thiazole rings is 1. The van der Waals surface area contributed by atoms with Gasteiger partial charge in [0.1, 0.15) is 39.7 Å². The first-order valence-electron chi connectivity index (χ1n) is 17.0. The van der Waals surface area contributed by atoms with Gasteiger partial charge in [-0.25, -0.2) is 18.7 Å². The number of nitriles is 1. The smallest absolute Gasteiger partial charge is 0.265 e. The molecule has 5 heterocycles. The summed E-state index contributed by atoms with van der Waals surface area (Å²) in [6.07, 6.45) is 9.07. The molecule has 0 spiro atoms. The third-order valence-electron chi connectivity index (χ3n) is 10.1. The number of aromatic amines is 1. The zero-order valence-corrected chi connectivity index (χ0v) is 28.9. The summed E-state index contributed by atoms with van der Waals surface area (Å²) in [7, 11) is 1.49. The van der Waals surface area contributed by atoms with Crippen molar-refractivity contribution in [3.8, 4) is 22.9 Å². The number of aryl methyl sites for hydroxylation is 1. The molecule has 1 amide bonds. The van der Waals surface area contributed by atoms with Gasteiger partial charge in [-0.05, 0) is 106 Å². The summed E-state index contributed by atoms with van der Waals surface area (Å²) in [5.41, 5.74) is 6.03. The first-order chi connectivity index (χ1) is 24.3. The average Bonchev–Trinajstić information content (AvgIpc) is 3.81. The molecule has 2 aliphatic rings. The molecule has 0 radical (unpaired) electrons. The zero-order valence-electron chi connectivity index (χ0n) is 28.1. The van der Waals surface area contributed by atoms with Crippen LogP contribution in [0.5, 0.6) is 5.75 Å². The molecule has 1 unspecified atom stereocenters. The highest BCUT2D eigenvalue weighted by Crippen LogP contribution is 2.39. The number of ether oxygens (including phenoxy) is 1. The number of halogens is 2. The molecule has 1 atom stereocenters. The lowest BCUT2D eigenvalue weighted by atomic mass is 9.90. The number of carbonyl (C=O) groups excluding carboxylic acids is 1. The number of pyridine rings is 1. The number of rotatable bonds is 9. The van der Waals surface area contributed by atoms with E-state index in [2.05, 4.69) is 44.1 Å². The predicted molar refractivity (Wildman–Crippen MR) is 191 cm³/mol. The van der Waals surface area contributed by atoms with Gasteiger partial charge in [-0.1, -0.05) is 18.2 Å². The van der Waals surface area contributed by atoms with E-state index in [0.717, 1.165) is 63.0 Å². The normalized spacial score (nSPS) is 17.1. The van der Waals surface area contributed by atoms with E-state index in [0.29, 0.717) is 33.9 Å². The maximum atomic E-state index is 15.2. The predicted octanol–water partition coefficient (Wildman–Crippen LogP) is 7.84. The number of aromatic nitrogens is 3. The molecule has 1 saturated heterocycles. The van der Waals surface area contributed by atoms with Crippen molar-refractivity contribution in [1.82, 2.24) is 24.8 Å². The van der Waals surface area contributed by atoms with E-state index in [-0.39, 0.29) is 29.0 Å². The van der Waals surface area contributed by atoms with Crippen LogP contribution in [-0.4, -0.2) is 63.9 Å². The van der Waals surface area contributed by atoms with Crippen molar-refractivity contribution in [1.29, 1.82) is 5.26 Å². The van der Waals surface area contributed by atoms with Gasteiger partial charge in [0.05, 0.1) is 19.3 Å². The lowest BCUT2D eigenvalue weighted by Gasteiger charge is -2.35. The quantitative estimate of drug-likeness (QED) is 0.125. The number of nitrogens with zero attached hydrogens (tertiary/aromatic N) is 5. The van der Waals surface area contributed by atoms with Gasteiger partial charge in [-0.2, -0.15) is 5.26 Å². The van der Waals surface area contributed by atoms with Gasteiger partial charge in [0, 0.05) is 46.2 Å². The molecule has 50 heavy (non-hydrogen) atoms. The molecule has 7 rings (SSSR count). The minimum absolute atomic E-state index is 0.111. The van der Waals surface area contributed by atoms with Crippen LogP contribution in [0.3, 0.4) is 0 Å². The standard InChI is InChI=1S/C39H38F2N6O2S/c1-24-30-18-25(5-6-26(30)11-16-47(24)39(48)28(22-42)19-36-43-12-17-50-36)4-3-13-46-14-9-27(10-15-46)34-21-32-37(33(41)23-44-38(32)45-34)31-20-29(40)7-8-35(31)49-2/h5-8,12,17-21,23-24,27H,3-4,9-11,13-16H2,1-2H3,(H,44,45)/b28-19+. The van der Waals surface area contributed by atoms with E-state index < -0.39 is 11.6 Å². The van der Waals surface area contributed by atoms with Crippen LogP contribution in [0, 0.1) is 23.0 Å². The third kappa shape index (κ3) is 6.78. The summed E-state index contributed by atoms with van der Waals surface area (Å²) >= 11 is 1.40. The monoisotopic (exact) mass is 692 g/mol. The first-order valence-corrected chi connectivity index (χ1v) is 17.9. The molecule has 3 aromatic heterocycles. The Morgan fingerprint density at radius 1 is 1.14 bits per heavy atom. The Bertz CT molecular complexity index is 2100. The Morgan fingerprint density at radius 3 is 2.74 bits per heavy atom. The van der Waals surface area contributed by atoms with Gasteiger partial charge >= 0.3 is 0 Å². The summed E-state index contributed by atoms with van der Waals surface area (Å²) in [6.45, 7) is 5.52. The number of methoxy groups -OCH3 is 1. The number of piperidine rings is 1. The molecule has 0 saturated carbocycles. The summed E-state index contributed by atoms with van der Waals surface area (Å²) in [4.78, 5) is 29.6. The minimum Gasteiger partial charge on any atom is -0.496 e. The highest BCUT2D eigenvalue weighted by atomic mass is 32.1. The average molecular weight is 693 g/mol. The van der Waals surface area contributed by atoms with Gasteiger partial charge in [0.15, 0.2) is 0 Å². The van der Waals surface area contributed by atoms with Crippen LogP contribution in [0.4, 0.5) is 8.78 Å². The van der Waals surface area contributed by atoms with Crippen LogP contribution in [0.1, 0.15) is 65.5 Å². The molecular weight excluding hydrogens is 655 g/mol. The van der Waals surface area contributed by atoms with Gasteiger partial charge in [-0.15, -0.1) is 11.3 Å². The maximum Gasteiger partial charge on any atom is 0.265 e. The van der Waals surface area contributed by atoms with Crippen molar-refractivity contribution in [3.05, 3.63) is 105 Å². The Hall–Kier alpha value is -4.92. The molecule has 5 aromatic rings. The highest BCUT2D eigenvalue weighted by molar-refractivity contribution is 7.10. The second kappa shape index (κ2) is 14.5. The molecule has 11 heteroatoms. The fourth-order valence-electron chi connectivity index (χ4n) is 7.44. The van der Waals surface area contributed by atoms with Gasteiger partial charge in [0.25, 0.3) is 5.91 Å². The van der Waals surface area contributed by atoms with E-state index in [1.165, 1.54) is 54.0 Å². The number of hydrogen-bond acceptors (Lipinski definition) is 7. The number of hydrogen-bond donors (Lipinski definition) is 1. The van der Waals surface area contributed by atoms with E-state index in [9.17, 15) is 14.4 Å². The minimum atomic E-state index is -0.520. The van der Waals surface area contributed by atoms with Crippen LogP contribution < -0.4 is 4.74 Å². The number of carbonyl (C=O) groups is 1. The number of H-pyrrole nitrogens is 1. The van der Waals surface area contributed by atoms with E-state index >= 15 is 4.39 Å². The summed E-state index contributed by atoms with van der Waals surface area (Å²) in [5.74, 6) is -0.538. The first kappa shape index (κ1) is 33.6. The van der Waals surface area contributed by atoms with Crippen LogP contribution in [-0.2, 0) is 17.6 Å². The van der Waals surface area contributed by atoms with E-state index in [1.54, 1.807) is 17.2 Å². The molecule has 1 fully saturated rings. The van der Waals surface area contributed by atoms with Crippen LogP contribution in [0.2, 0.25) is 0 Å². The van der Waals surface area contributed by atoms with Crippen molar-refractivity contribution in [2.24, 2.45) is 0 Å². The Balaban J connectivity index is 0.960. The second-order valence-electron chi connectivity index (χ2n) is 13.0. The summed E-state index contributed by atoms with van der Waals surface area (Å²) in [5, 5.41) is 12.8. The topological polar surface area (TPSA) is 98.1 Å². The summed E-state index contributed by atoms with van der Waals surface area (Å²) in [6, 6.07) is 14.7. The largest absolute Gasteiger partial charge is 0.496 e. The van der Waals surface area contributed by atoms with Crippen LogP contribution in [0.25, 0.3) is 28.2 Å². The zero-order chi connectivity index (χ0) is 34.8. The number of nitrogens with one attached hydrogen (secondary N) is 1. The second-order valence-corrected chi connectivity index (χ2v) is 14.0. The lowest BCUT2D eigenvalue weighted by Crippen LogP contribution is -2.39. The van der Waals surface area contributed by atoms with Crippen molar-refractivity contribution in [2.75, 3.05) is 33.3 Å². The van der Waals surface area contributed by atoms with E-state index in [4.69, 9.17) is 4.74 Å². The maximum absolute atomic E-state index is 15.2. The van der Waals surface area contributed by atoms with Crippen molar-refractivity contribution >= 4 is 34.4 Å². The lowest BCUT2D eigenvalue weighted by molar-refractivity contribution is -0.129. The van der Waals surface area contributed by atoms with Gasteiger partial charge < -0.3 is 19.5 Å². The van der Waals surface area contributed by atoms with Crippen LogP contribution in [0.15, 0.2) is 65.8 Å². The van der Waals surface area contributed by atoms with E-state index in [1.807, 2.05) is 18.4 Å². The fraction of sp³-hybridized carbons (Fsp3) is 0.333. The summed E-state index contributed by atoms with van der Waals surface area (Å²) < 4.78 is 34.8. The molecule has 0 bridgehead atoms. The molecule has 0 aliphatic carbocycles. The number of likely N-dealkylation sites (tertiary alicyclic amines) is 1. The number of fused-ring (bicyclic) bond motifs is 2.